The Kier molecular flexibility index (Phi) is 16.3. The van der Waals surface area contributed by atoms with Crippen LogP contribution in [0.15, 0.2) is 351 Å². The van der Waals surface area contributed by atoms with E-state index in [2.05, 4.69) is 336 Å². The summed E-state index contributed by atoms with van der Waals surface area (Å²) in [5.74, 6) is 3.00. The van der Waals surface area contributed by atoms with Crippen LogP contribution in [0.25, 0.3) is 55.3 Å². The van der Waals surface area contributed by atoms with Gasteiger partial charge in [-0.3, -0.25) is 0 Å². The molecule has 0 radical (unpaired) electrons. The maximum atomic E-state index is 6.35. The van der Waals surface area contributed by atoms with Crippen molar-refractivity contribution in [1.29, 1.82) is 0 Å². The largest absolute Gasteiger partial charge is 0.311 e. The fraction of sp³-hybridized carbons (Fsp3) is 0.0361. The molecule has 0 aromatic heterocycles. The molecule has 0 heterocycles. The monoisotopic (exact) mass is 1120 g/mol. The molecule has 0 amide bonds. The van der Waals surface area contributed by atoms with Crippen molar-refractivity contribution in [2.75, 3.05) is 14.7 Å². The molecule has 0 bridgehead atoms. The molecule has 0 spiro atoms. The number of para-hydroxylation sites is 6. The second kappa shape index (κ2) is 25.7. The SMILES string of the molecule is C#C/C(=C\C=C/C)N(c1ccccc1)c1ccc(-c2c(-c3ccc(N(c4ccccc4)c4ccccc4)cc3)c(-c3ccc(N(c4ccccc4)c4ccccc4)cc3)c(-c3ccc([NH+](C4=CC=CCC4)c4ccccc4)cc3)c3ccccc23)cc1. The van der Waals surface area contributed by atoms with Gasteiger partial charge in [0.15, 0.2) is 0 Å². The van der Waals surface area contributed by atoms with Crippen LogP contribution in [-0.4, -0.2) is 0 Å². The number of nitrogens with one attached hydrogen (secondary N) is 1. The van der Waals surface area contributed by atoms with Crippen molar-refractivity contribution >= 4 is 67.6 Å². The lowest BCUT2D eigenvalue weighted by molar-refractivity contribution is -0.716. The summed E-state index contributed by atoms with van der Waals surface area (Å²) in [6, 6.07) is 110. The minimum atomic E-state index is 0.735. The molecule has 13 rings (SSSR count). The molecular weight excluding hydrogens is 1050 g/mol. The molecule has 0 saturated heterocycles. The van der Waals surface area contributed by atoms with E-state index in [-0.39, 0.29) is 0 Å². The Morgan fingerprint density at radius 3 is 1.10 bits per heavy atom. The summed E-state index contributed by atoms with van der Waals surface area (Å²) in [6.07, 6.45) is 21.1. The molecule has 1 aliphatic carbocycles. The number of hydrogen-bond acceptors (Lipinski definition) is 3. The first-order valence-electron chi connectivity index (χ1n) is 29.9. The van der Waals surface area contributed by atoms with Crippen LogP contribution in [0.4, 0.5) is 56.9 Å². The number of anilines is 8. The third-order valence-electron chi connectivity index (χ3n) is 16.2. The summed E-state index contributed by atoms with van der Waals surface area (Å²) in [6.45, 7) is 2.01. The summed E-state index contributed by atoms with van der Waals surface area (Å²) in [4.78, 5) is 8.09. The fourth-order valence-corrected chi connectivity index (χ4v) is 12.3. The number of fused-ring (bicyclic) bond motifs is 1. The molecule has 0 saturated carbocycles. The number of hydrogen-bond donors (Lipinski definition) is 1. The maximum absolute atomic E-state index is 6.35. The van der Waals surface area contributed by atoms with E-state index in [1.54, 1.807) is 0 Å². The molecular formula is C83H65N4+. The van der Waals surface area contributed by atoms with Gasteiger partial charge in [0, 0.05) is 64.1 Å². The zero-order valence-corrected chi connectivity index (χ0v) is 48.7. The smallest absolute Gasteiger partial charge is 0.141 e. The topological polar surface area (TPSA) is 14.2 Å². The molecule has 12 aromatic rings. The van der Waals surface area contributed by atoms with Crippen molar-refractivity contribution < 1.29 is 4.90 Å². The van der Waals surface area contributed by atoms with Gasteiger partial charge in [-0.05, 0) is 202 Å². The Labute approximate surface area is 512 Å². The van der Waals surface area contributed by atoms with Gasteiger partial charge < -0.3 is 14.7 Å². The number of quaternary nitrogens is 1. The number of rotatable bonds is 17. The van der Waals surface area contributed by atoms with Crippen molar-refractivity contribution in [2.24, 2.45) is 0 Å². The zero-order valence-electron chi connectivity index (χ0n) is 48.7. The van der Waals surface area contributed by atoms with Crippen molar-refractivity contribution in [3.63, 3.8) is 0 Å². The predicted octanol–water partition coefficient (Wildman–Crippen LogP) is 21.8. The molecule has 416 valence electrons. The van der Waals surface area contributed by atoms with Gasteiger partial charge in [-0.1, -0.05) is 200 Å². The summed E-state index contributed by atoms with van der Waals surface area (Å²) in [5, 5.41) is 2.30. The second-order valence-corrected chi connectivity index (χ2v) is 21.6. The van der Waals surface area contributed by atoms with Crippen LogP contribution < -0.4 is 19.6 Å². The molecule has 1 N–H and O–H groups in total. The Morgan fingerprint density at radius 1 is 0.379 bits per heavy atom. The summed E-state index contributed by atoms with van der Waals surface area (Å²) >= 11 is 0. The lowest BCUT2D eigenvalue weighted by Crippen LogP contribution is -3.00. The fourth-order valence-electron chi connectivity index (χ4n) is 12.3. The molecule has 1 aliphatic rings. The molecule has 4 heteroatoms. The van der Waals surface area contributed by atoms with Gasteiger partial charge in [0.1, 0.15) is 17.1 Å². The number of benzene rings is 12. The van der Waals surface area contributed by atoms with Crippen molar-refractivity contribution in [3.05, 3.63) is 351 Å². The molecule has 0 fully saturated rings. The lowest BCUT2D eigenvalue weighted by Gasteiger charge is -2.28. The van der Waals surface area contributed by atoms with Gasteiger partial charge in [-0.15, -0.1) is 6.42 Å². The van der Waals surface area contributed by atoms with Crippen LogP contribution in [0.5, 0.6) is 0 Å². The first-order chi connectivity index (χ1) is 43.1. The third-order valence-corrected chi connectivity index (χ3v) is 16.2. The van der Waals surface area contributed by atoms with Gasteiger partial charge in [0.25, 0.3) is 0 Å². The van der Waals surface area contributed by atoms with Crippen LogP contribution in [0, 0.1) is 12.3 Å². The quantitative estimate of drug-likeness (QED) is 0.0722. The van der Waals surface area contributed by atoms with Crippen molar-refractivity contribution in [3.8, 4) is 56.9 Å². The third kappa shape index (κ3) is 11.5. The minimum Gasteiger partial charge on any atom is -0.311 e. The Morgan fingerprint density at radius 2 is 0.713 bits per heavy atom. The molecule has 1 atom stereocenters. The highest BCUT2D eigenvalue weighted by molar-refractivity contribution is 6.18. The molecule has 12 aromatic carbocycles. The first kappa shape index (κ1) is 55.0. The summed E-state index contributed by atoms with van der Waals surface area (Å²) < 4.78 is 0. The van der Waals surface area contributed by atoms with Gasteiger partial charge in [-0.25, -0.2) is 4.90 Å². The van der Waals surface area contributed by atoms with Gasteiger partial charge in [0.2, 0.25) is 0 Å². The standard InChI is InChI=1S/C83H64N4/c1-3-5-29-66(4-2)84(67-30-13-6-14-31-67)74-54-46-62(47-55-74)80-78-44-27-28-45-79(78)81(63-48-56-75(57-49-63)85(68-32-15-7-16-33-68)69-34-17-8-18-35-69)83(65-52-60-77(61-53-65)87(72-40-23-11-24-41-72)73-42-25-12-26-43-73)82(80)64-50-58-76(59-51-64)86(70-36-19-9-20-37-70)71-38-21-10-22-39-71/h2-3,5-17,19-34,36-61H,18,35H2,1H3/p+1/b5-3-,66-29+. The zero-order chi connectivity index (χ0) is 58.7. The van der Waals surface area contributed by atoms with E-state index in [1.165, 1.54) is 22.0 Å². The number of nitrogens with zero attached hydrogens (tertiary/aromatic N) is 3. The van der Waals surface area contributed by atoms with E-state index in [9.17, 15) is 0 Å². The molecule has 0 aliphatic heterocycles. The Bertz CT molecular complexity index is 4380. The van der Waals surface area contributed by atoms with E-state index < -0.39 is 0 Å². The van der Waals surface area contributed by atoms with Crippen molar-refractivity contribution in [2.45, 2.75) is 19.8 Å². The van der Waals surface area contributed by atoms with Gasteiger partial charge in [0.05, 0.1) is 5.70 Å². The Balaban J connectivity index is 1.08. The van der Waals surface area contributed by atoms with E-state index in [0.29, 0.717) is 0 Å². The average Bonchev–Trinajstić information content (AvgIpc) is 1.11. The van der Waals surface area contributed by atoms with Crippen LogP contribution in [0.1, 0.15) is 19.8 Å². The van der Waals surface area contributed by atoms with Gasteiger partial charge in [-0.2, -0.15) is 0 Å². The minimum absolute atomic E-state index is 0.735. The molecule has 1 unspecified atom stereocenters. The summed E-state index contributed by atoms with van der Waals surface area (Å²) in [7, 11) is 0. The van der Waals surface area contributed by atoms with E-state index >= 15 is 0 Å². The number of allylic oxidation sites excluding steroid dienone is 8. The van der Waals surface area contributed by atoms with Crippen LogP contribution >= 0.6 is 0 Å². The highest BCUT2D eigenvalue weighted by atomic mass is 15.2. The van der Waals surface area contributed by atoms with Crippen LogP contribution in [0.2, 0.25) is 0 Å². The van der Waals surface area contributed by atoms with Crippen LogP contribution in [-0.2, 0) is 0 Å². The molecule has 4 nitrogen and oxygen atoms in total. The number of terminal acetylenes is 1. The second-order valence-electron chi connectivity index (χ2n) is 21.6. The highest BCUT2D eigenvalue weighted by Crippen LogP contribution is 2.52. The summed E-state index contributed by atoms with van der Waals surface area (Å²) in [5.41, 5.74) is 21.8. The predicted molar refractivity (Wildman–Crippen MR) is 369 cm³/mol. The van der Waals surface area contributed by atoms with E-state index in [0.717, 1.165) is 119 Å². The van der Waals surface area contributed by atoms with E-state index in [4.69, 9.17) is 6.42 Å². The highest BCUT2D eigenvalue weighted by Gasteiger charge is 2.28. The maximum Gasteiger partial charge on any atom is 0.141 e. The average molecular weight is 1120 g/mol. The van der Waals surface area contributed by atoms with E-state index in [1.807, 2.05) is 31.2 Å². The lowest BCUT2D eigenvalue weighted by atomic mass is 9.79. The normalized spacial score (nSPS) is 12.6. The molecule has 87 heavy (non-hydrogen) atoms. The van der Waals surface area contributed by atoms with Crippen molar-refractivity contribution in [1.82, 2.24) is 0 Å². The van der Waals surface area contributed by atoms with Gasteiger partial charge >= 0.3 is 0 Å². The van der Waals surface area contributed by atoms with Crippen LogP contribution in [0.3, 0.4) is 0 Å². The Hall–Kier alpha value is -11.2. The first-order valence-corrected chi connectivity index (χ1v) is 29.9.